The number of aryl methyl sites for hydroxylation is 1. The van der Waals surface area contributed by atoms with E-state index >= 15 is 0 Å². The normalized spacial score (nSPS) is 12.2. The molecule has 130 valence electrons. The van der Waals surface area contributed by atoms with E-state index in [1.807, 2.05) is 13.0 Å². The number of benzene rings is 1. The summed E-state index contributed by atoms with van der Waals surface area (Å²) < 4.78 is 3.29. The van der Waals surface area contributed by atoms with Crippen LogP contribution < -0.4 is 5.32 Å². The molecule has 0 bridgehead atoms. The molecule has 1 amide bonds. The van der Waals surface area contributed by atoms with Crippen molar-refractivity contribution in [3.05, 3.63) is 64.0 Å². The smallest absolute Gasteiger partial charge is 0.250 e. The van der Waals surface area contributed by atoms with Gasteiger partial charge in [0.2, 0.25) is 5.91 Å². The molecule has 8 heteroatoms. The average Bonchev–Trinajstić information content (AvgIpc) is 3.19. The lowest BCUT2D eigenvalue weighted by molar-refractivity contribution is -0.119. The molecule has 0 radical (unpaired) electrons. The summed E-state index contributed by atoms with van der Waals surface area (Å²) in [6.07, 6.45) is 3.54. The number of carbonyl (C=O) groups excluding carboxylic acids is 1. The molecule has 1 aromatic carbocycles. The van der Waals surface area contributed by atoms with Crippen LogP contribution in [0.15, 0.2) is 42.7 Å². The van der Waals surface area contributed by atoms with E-state index in [1.165, 1.54) is 0 Å². The molecule has 1 N–H and O–H groups in total. The largest absolute Gasteiger partial charge is 0.307 e. The van der Waals surface area contributed by atoms with Crippen molar-refractivity contribution in [2.75, 3.05) is 5.32 Å². The number of nitrogens with one attached hydrogen (secondary N) is 1. The van der Waals surface area contributed by atoms with Crippen LogP contribution in [-0.4, -0.2) is 25.5 Å². The topological polar surface area (TPSA) is 64.7 Å². The SMILES string of the molecule is Cc1ccn(C(C)C(=O)Nc2ccn(Cc3c(Cl)cccc3Cl)n2)n1. The summed E-state index contributed by atoms with van der Waals surface area (Å²) in [5.41, 5.74) is 1.65. The second kappa shape index (κ2) is 7.29. The summed E-state index contributed by atoms with van der Waals surface area (Å²) in [6.45, 7) is 4.08. The molecule has 3 aromatic rings. The Hall–Kier alpha value is -2.31. The van der Waals surface area contributed by atoms with Gasteiger partial charge >= 0.3 is 0 Å². The van der Waals surface area contributed by atoms with Crippen LogP contribution in [0.5, 0.6) is 0 Å². The van der Waals surface area contributed by atoms with Crippen molar-refractivity contribution in [2.24, 2.45) is 0 Å². The number of anilines is 1. The van der Waals surface area contributed by atoms with Gasteiger partial charge in [0, 0.05) is 34.1 Å². The van der Waals surface area contributed by atoms with E-state index in [4.69, 9.17) is 23.2 Å². The van der Waals surface area contributed by atoms with E-state index in [9.17, 15) is 4.79 Å². The fourth-order valence-electron chi connectivity index (χ4n) is 2.36. The molecule has 0 aliphatic rings. The molecule has 0 saturated carbocycles. The molecule has 1 unspecified atom stereocenters. The van der Waals surface area contributed by atoms with Crippen LogP contribution in [0, 0.1) is 6.92 Å². The summed E-state index contributed by atoms with van der Waals surface area (Å²) in [6, 6.07) is 8.50. The minimum Gasteiger partial charge on any atom is -0.307 e. The molecule has 0 fully saturated rings. The zero-order valence-electron chi connectivity index (χ0n) is 13.8. The third-order valence-corrected chi connectivity index (χ3v) is 4.50. The minimum atomic E-state index is -0.433. The lowest BCUT2D eigenvalue weighted by atomic mass is 10.2. The number of amides is 1. The lowest BCUT2D eigenvalue weighted by Crippen LogP contribution is -2.24. The van der Waals surface area contributed by atoms with Crippen molar-refractivity contribution in [1.82, 2.24) is 19.6 Å². The van der Waals surface area contributed by atoms with E-state index in [2.05, 4.69) is 15.5 Å². The molecule has 6 nitrogen and oxygen atoms in total. The maximum absolute atomic E-state index is 12.3. The Morgan fingerprint density at radius 1 is 1.16 bits per heavy atom. The van der Waals surface area contributed by atoms with Crippen LogP contribution in [0.3, 0.4) is 0 Å². The summed E-state index contributed by atoms with van der Waals surface area (Å²) in [5, 5.41) is 12.5. The van der Waals surface area contributed by atoms with Crippen molar-refractivity contribution in [2.45, 2.75) is 26.4 Å². The van der Waals surface area contributed by atoms with Crippen molar-refractivity contribution >= 4 is 34.9 Å². The number of hydrogen-bond donors (Lipinski definition) is 1. The number of rotatable bonds is 5. The quantitative estimate of drug-likeness (QED) is 0.731. The first-order valence-electron chi connectivity index (χ1n) is 7.73. The van der Waals surface area contributed by atoms with Gasteiger partial charge in [0.05, 0.1) is 12.2 Å². The fourth-order valence-corrected chi connectivity index (χ4v) is 2.88. The van der Waals surface area contributed by atoms with Crippen molar-refractivity contribution < 1.29 is 4.79 Å². The molecule has 0 aliphatic heterocycles. The van der Waals surface area contributed by atoms with E-state index in [0.29, 0.717) is 22.4 Å². The fraction of sp³-hybridized carbons (Fsp3) is 0.235. The van der Waals surface area contributed by atoms with Gasteiger partial charge in [-0.2, -0.15) is 10.2 Å². The van der Waals surface area contributed by atoms with Crippen LogP contribution in [0.25, 0.3) is 0 Å². The lowest BCUT2D eigenvalue weighted by Gasteiger charge is -2.11. The Balaban J connectivity index is 1.68. The maximum atomic E-state index is 12.3. The van der Waals surface area contributed by atoms with Crippen molar-refractivity contribution in [1.29, 1.82) is 0 Å². The van der Waals surface area contributed by atoms with Gasteiger partial charge in [0.15, 0.2) is 5.82 Å². The van der Waals surface area contributed by atoms with Crippen molar-refractivity contribution in [3.63, 3.8) is 0 Å². The van der Waals surface area contributed by atoms with Gasteiger partial charge in [-0.3, -0.25) is 14.2 Å². The first-order valence-corrected chi connectivity index (χ1v) is 8.48. The second-order valence-electron chi connectivity index (χ2n) is 5.70. The molecule has 1 atom stereocenters. The zero-order valence-corrected chi connectivity index (χ0v) is 15.3. The van der Waals surface area contributed by atoms with Crippen LogP contribution in [0.4, 0.5) is 5.82 Å². The summed E-state index contributed by atoms with van der Waals surface area (Å²) in [4.78, 5) is 12.3. The predicted molar refractivity (Wildman–Crippen MR) is 98.1 cm³/mol. The average molecular weight is 378 g/mol. The number of nitrogens with zero attached hydrogens (tertiary/aromatic N) is 4. The standard InChI is InChI=1S/C17H17Cl2N5O/c1-11-6-9-24(21-11)12(2)17(25)20-16-7-8-23(22-16)10-13-14(18)4-3-5-15(13)19/h3-9,12H,10H2,1-2H3,(H,20,22,25). The minimum absolute atomic E-state index is 0.191. The van der Waals surface area contributed by atoms with Crippen LogP contribution in [0.2, 0.25) is 10.0 Å². The van der Waals surface area contributed by atoms with E-state index in [0.717, 1.165) is 11.3 Å². The molecule has 2 aromatic heterocycles. The first-order chi connectivity index (χ1) is 11.9. The van der Waals surface area contributed by atoms with Crippen LogP contribution in [0.1, 0.15) is 24.2 Å². The van der Waals surface area contributed by atoms with Crippen LogP contribution >= 0.6 is 23.2 Å². The first kappa shape index (κ1) is 17.5. The third-order valence-electron chi connectivity index (χ3n) is 3.79. The molecule has 25 heavy (non-hydrogen) atoms. The Labute approximate surface area is 155 Å². The van der Waals surface area contributed by atoms with Gasteiger partial charge in [-0.1, -0.05) is 29.3 Å². The monoisotopic (exact) mass is 377 g/mol. The highest BCUT2D eigenvalue weighted by molar-refractivity contribution is 6.35. The molecule has 3 rings (SSSR count). The highest BCUT2D eigenvalue weighted by Crippen LogP contribution is 2.25. The molecular formula is C17H17Cl2N5O. The van der Waals surface area contributed by atoms with Gasteiger partial charge < -0.3 is 5.32 Å². The van der Waals surface area contributed by atoms with Crippen LogP contribution in [-0.2, 0) is 11.3 Å². The Morgan fingerprint density at radius 2 is 1.88 bits per heavy atom. The van der Waals surface area contributed by atoms with Gasteiger partial charge in [0.1, 0.15) is 6.04 Å². The summed E-state index contributed by atoms with van der Waals surface area (Å²) in [5.74, 6) is 0.271. The molecular weight excluding hydrogens is 361 g/mol. The maximum Gasteiger partial charge on any atom is 0.250 e. The zero-order chi connectivity index (χ0) is 18.0. The number of aromatic nitrogens is 4. The highest BCUT2D eigenvalue weighted by atomic mass is 35.5. The van der Waals surface area contributed by atoms with Gasteiger partial charge in [-0.15, -0.1) is 0 Å². The Bertz CT molecular complexity index is 882. The molecule has 0 saturated heterocycles. The number of carbonyl (C=O) groups is 1. The number of halogens is 2. The highest BCUT2D eigenvalue weighted by Gasteiger charge is 2.17. The van der Waals surface area contributed by atoms with Gasteiger partial charge in [0.25, 0.3) is 0 Å². The summed E-state index contributed by atoms with van der Waals surface area (Å²) in [7, 11) is 0. The van der Waals surface area contributed by atoms with Gasteiger partial charge in [-0.05, 0) is 32.0 Å². The van der Waals surface area contributed by atoms with Gasteiger partial charge in [-0.25, -0.2) is 0 Å². The number of hydrogen-bond acceptors (Lipinski definition) is 3. The van der Waals surface area contributed by atoms with Crippen molar-refractivity contribution in [3.8, 4) is 0 Å². The predicted octanol–water partition coefficient (Wildman–Crippen LogP) is 3.94. The summed E-state index contributed by atoms with van der Waals surface area (Å²) >= 11 is 12.4. The second-order valence-corrected chi connectivity index (χ2v) is 6.52. The molecule has 0 spiro atoms. The molecule has 0 aliphatic carbocycles. The Kier molecular flexibility index (Phi) is 5.11. The Morgan fingerprint density at radius 3 is 2.52 bits per heavy atom. The third kappa shape index (κ3) is 4.03. The molecule has 2 heterocycles. The van der Waals surface area contributed by atoms with E-state index in [1.54, 1.807) is 52.9 Å². The van der Waals surface area contributed by atoms with E-state index in [-0.39, 0.29) is 5.91 Å². The van der Waals surface area contributed by atoms with E-state index < -0.39 is 6.04 Å².